The topological polar surface area (TPSA) is 40.6 Å². The first-order valence-electron chi connectivity index (χ1n) is 12.5. The van der Waals surface area contributed by atoms with E-state index in [0.717, 1.165) is 69.4 Å². The summed E-state index contributed by atoms with van der Waals surface area (Å²) in [4.78, 5) is 28.3. The van der Waals surface area contributed by atoms with Crippen molar-refractivity contribution >= 4 is 23.1 Å². The first kappa shape index (κ1) is 24.9. The number of nitrogens with zero attached hydrogens (tertiary/aromatic N) is 2. The van der Waals surface area contributed by atoms with Gasteiger partial charge in [0.1, 0.15) is 11.6 Å². The predicted octanol–water partition coefficient (Wildman–Crippen LogP) is 6.66. The largest absolute Gasteiger partial charge is 0.343 e. The van der Waals surface area contributed by atoms with E-state index < -0.39 is 0 Å². The molecule has 0 atom stereocenters. The van der Waals surface area contributed by atoms with Gasteiger partial charge in [0.2, 0.25) is 5.91 Å². The van der Waals surface area contributed by atoms with Crippen LogP contribution in [0.4, 0.5) is 15.8 Å². The minimum atomic E-state index is -0.235. The average molecular weight is 453 g/mol. The fraction of sp³-hybridized carbons (Fsp3) is 0.500. The molecule has 1 amide bonds. The van der Waals surface area contributed by atoms with Crippen LogP contribution in [0.2, 0.25) is 0 Å². The molecule has 1 aliphatic heterocycles. The molecule has 0 bridgehead atoms. The van der Waals surface area contributed by atoms with E-state index in [0.29, 0.717) is 25.0 Å². The predicted molar refractivity (Wildman–Crippen MR) is 132 cm³/mol. The number of carbonyl (C=O) groups is 2. The zero-order chi connectivity index (χ0) is 23.5. The van der Waals surface area contributed by atoms with Crippen molar-refractivity contribution in [1.29, 1.82) is 0 Å². The van der Waals surface area contributed by atoms with E-state index in [4.69, 9.17) is 0 Å². The Hall–Kier alpha value is -2.69. The Kier molecular flexibility index (Phi) is 9.92. The third kappa shape index (κ3) is 7.69. The second-order valence-electron chi connectivity index (χ2n) is 8.95. The van der Waals surface area contributed by atoms with Gasteiger partial charge in [-0.05, 0) is 62.1 Å². The number of hydrogen-bond donors (Lipinski definition) is 0. The maximum absolute atomic E-state index is 13.5. The van der Waals surface area contributed by atoms with E-state index in [2.05, 4.69) is 17.0 Å². The molecule has 2 aromatic carbocycles. The number of amides is 1. The Bertz CT molecular complexity index is 861. The number of rotatable bonds is 12. The molecule has 2 aromatic rings. The summed E-state index contributed by atoms with van der Waals surface area (Å²) in [6, 6.07) is 17.1. The summed E-state index contributed by atoms with van der Waals surface area (Å²) in [5, 5.41) is 0. The average Bonchev–Trinajstić information content (AvgIpc) is 2.85. The van der Waals surface area contributed by atoms with Crippen molar-refractivity contribution in [2.24, 2.45) is 0 Å². The highest BCUT2D eigenvalue weighted by Crippen LogP contribution is 2.32. The number of piperidine rings is 1. The zero-order valence-corrected chi connectivity index (χ0v) is 19.8. The number of ketones is 1. The first-order valence-corrected chi connectivity index (χ1v) is 12.5. The van der Waals surface area contributed by atoms with Crippen LogP contribution >= 0.6 is 0 Å². The van der Waals surface area contributed by atoms with Gasteiger partial charge in [-0.2, -0.15) is 0 Å². The number of hydrogen-bond acceptors (Lipinski definition) is 3. The van der Waals surface area contributed by atoms with Crippen LogP contribution in [0.1, 0.15) is 71.1 Å². The minimum absolute atomic E-state index is 0.235. The molecule has 1 aliphatic rings. The van der Waals surface area contributed by atoms with E-state index in [1.807, 2.05) is 42.2 Å². The van der Waals surface area contributed by atoms with Crippen LogP contribution in [0.15, 0.2) is 54.6 Å². The molecule has 0 saturated carbocycles. The standard InChI is InChI=1S/C28H37FN2O2/c1-2-27(32)13-9-4-3-5-10-14-28(33)30-21-19-26(20-22-30)31(24-11-7-6-8-12-24)25-17-15-23(29)16-18-25/h6-8,11-12,15-18,26H,2-5,9-10,13-14,19-22H2,1H3. The van der Waals surface area contributed by atoms with Gasteiger partial charge in [-0.15, -0.1) is 0 Å². The molecule has 1 heterocycles. The molecule has 0 aromatic heterocycles. The lowest BCUT2D eigenvalue weighted by Crippen LogP contribution is -2.45. The number of unbranched alkanes of at least 4 members (excludes halogenated alkanes) is 4. The quantitative estimate of drug-likeness (QED) is 0.338. The molecule has 0 N–H and O–H groups in total. The van der Waals surface area contributed by atoms with Crippen LogP contribution in [0.3, 0.4) is 0 Å². The van der Waals surface area contributed by atoms with Crippen molar-refractivity contribution in [3.05, 3.63) is 60.4 Å². The molecule has 0 aliphatic carbocycles. The number of benzene rings is 2. The fourth-order valence-electron chi connectivity index (χ4n) is 4.60. The highest BCUT2D eigenvalue weighted by Gasteiger charge is 2.28. The van der Waals surface area contributed by atoms with Gasteiger partial charge in [0.25, 0.3) is 0 Å². The SMILES string of the molecule is CCC(=O)CCCCCCCC(=O)N1CCC(N(c2ccccc2)c2ccc(F)cc2)CC1. The lowest BCUT2D eigenvalue weighted by atomic mass is 10.00. The van der Waals surface area contributed by atoms with E-state index in [1.165, 1.54) is 12.1 Å². The molecule has 1 saturated heterocycles. The lowest BCUT2D eigenvalue weighted by molar-refractivity contribution is -0.132. The maximum Gasteiger partial charge on any atom is 0.222 e. The van der Waals surface area contributed by atoms with Gasteiger partial charge in [0.15, 0.2) is 0 Å². The number of halogens is 1. The summed E-state index contributed by atoms with van der Waals surface area (Å²) in [6.45, 7) is 3.43. The van der Waals surface area contributed by atoms with Crippen LogP contribution < -0.4 is 4.90 Å². The maximum atomic E-state index is 13.5. The molecule has 0 radical (unpaired) electrons. The van der Waals surface area contributed by atoms with Crippen molar-refractivity contribution in [1.82, 2.24) is 4.90 Å². The normalized spacial score (nSPS) is 14.3. The summed E-state index contributed by atoms with van der Waals surface area (Å²) in [6.07, 6.45) is 8.84. The fourth-order valence-corrected chi connectivity index (χ4v) is 4.60. The summed E-state index contributed by atoms with van der Waals surface area (Å²) < 4.78 is 13.5. The van der Waals surface area contributed by atoms with Gasteiger partial charge < -0.3 is 9.80 Å². The van der Waals surface area contributed by atoms with E-state index >= 15 is 0 Å². The lowest BCUT2D eigenvalue weighted by Gasteiger charge is -2.40. The van der Waals surface area contributed by atoms with E-state index in [9.17, 15) is 14.0 Å². The van der Waals surface area contributed by atoms with Crippen molar-refractivity contribution in [2.75, 3.05) is 18.0 Å². The Balaban J connectivity index is 1.45. The molecule has 5 heteroatoms. The number of carbonyl (C=O) groups excluding carboxylic acids is 2. The zero-order valence-electron chi connectivity index (χ0n) is 19.8. The molecule has 4 nitrogen and oxygen atoms in total. The van der Waals surface area contributed by atoms with Gasteiger partial charge >= 0.3 is 0 Å². The number of para-hydroxylation sites is 1. The Morgan fingerprint density at radius 3 is 2.06 bits per heavy atom. The third-order valence-electron chi connectivity index (χ3n) is 6.56. The Morgan fingerprint density at radius 2 is 1.42 bits per heavy atom. The number of Topliss-reactive ketones (excluding diaryl/α,β-unsaturated/α-hetero) is 1. The number of likely N-dealkylation sites (tertiary alicyclic amines) is 1. The molecule has 33 heavy (non-hydrogen) atoms. The van der Waals surface area contributed by atoms with Gasteiger partial charge in [0.05, 0.1) is 0 Å². The molecule has 1 fully saturated rings. The minimum Gasteiger partial charge on any atom is -0.343 e. The smallest absolute Gasteiger partial charge is 0.222 e. The second-order valence-corrected chi connectivity index (χ2v) is 8.95. The summed E-state index contributed by atoms with van der Waals surface area (Å²) in [7, 11) is 0. The van der Waals surface area contributed by atoms with Crippen molar-refractivity contribution < 1.29 is 14.0 Å². The first-order chi connectivity index (χ1) is 16.1. The molecule has 0 unspecified atom stereocenters. The van der Waals surface area contributed by atoms with Crippen LogP contribution in [-0.2, 0) is 9.59 Å². The summed E-state index contributed by atoms with van der Waals surface area (Å²) >= 11 is 0. The molecule has 178 valence electrons. The van der Waals surface area contributed by atoms with Crippen molar-refractivity contribution in [3.8, 4) is 0 Å². The molecule has 0 spiro atoms. The van der Waals surface area contributed by atoms with Crippen LogP contribution in [-0.4, -0.2) is 35.7 Å². The van der Waals surface area contributed by atoms with Gasteiger partial charge in [-0.1, -0.05) is 44.4 Å². The molecular formula is C28H37FN2O2. The highest BCUT2D eigenvalue weighted by molar-refractivity contribution is 5.78. The van der Waals surface area contributed by atoms with Gasteiger partial charge in [-0.3, -0.25) is 9.59 Å². The monoisotopic (exact) mass is 452 g/mol. The van der Waals surface area contributed by atoms with Crippen molar-refractivity contribution in [3.63, 3.8) is 0 Å². The second kappa shape index (κ2) is 13.1. The molecular weight excluding hydrogens is 415 g/mol. The third-order valence-corrected chi connectivity index (χ3v) is 6.56. The van der Waals surface area contributed by atoms with Crippen LogP contribution in [0.5, 0.6) is 0 Å². The van der Waals surface area contributed by atoms with E-state index in [1.54, 1.807) is 0 Å². The Labute approximate surface area is 197 Å². The van der Waals surface area contributed by atoms with E-state index in [-0.39, 0.29) is 17.8 Å². The van der Waals surface area contributed by atoms with Crippen LogP contribution in [0, 0.1) is 5.82 Å². The Morgan fingerprint density at radius 1 is 0.848 bits per heavy atom. The number of anilines is 2. The van der Waals surface area contributed by atoms with Crippen molar-refractivity contribution in [2.45, 2.75) is 77.2 Å². The summed E-state index contributed by atoms with van der Waals surface area (Å²) in [5.41, 5.74) is 2.07. The van der Waals surface area contributed by atoms with Crippen LogP contribution in [0.25, 0.3) is 0 Å². The molecule has 3 rings (SSSR count). The summed E-state index contributed by atoms with van der Waals surface area (Å²) in [5.74, 6) is 0.364. The van der Waals surface area contributed by atoms with Gasteiger partial charge in [0, 0.05) is 49.8 Å². The van der Waals surface area contributed by atoms with Gasteiger partial charge in [-0.25, -0.2) is 4.39 Å². The highest BCUT2D eigenvalue weighted by atomic mass is 19.1.